The summed E-state index contributed by atoms with van der Waals surface area (Å²) in [6, 6.07) is 7.83. The number of carbonyl (C=O) groups excluding carboxylic acids is 2. The summed E-state index contributed by atoms with van der Waals surface area (Å²) in [5, 5.41) is 3.09. The molecule has 1 aromatic rings. The zero-order valence-electron chi connectivity index (χ0n) is 15.0. The molecule has 2 aliphatic heterocycles. The van der Waals surface area contributed by atoms with E-state index < -0.39 is 0 Å². The second kappa shape index (κ2) is 7.72. The topological polar surface area (TPSA) is 58.6 Å². The Balaban J connectivity index is 1.52. The van der Waals surface area contributed by atoms with Crippen LogP contribution >= 0.6 is 0 Å². The molecule has 2 aliphatic rings. The van der Waals surface area contributed by atoms with Crippen molar-refractivity contribution in [2.24, 2.45) is 5.92 Å². The van der Waals surface area contributed by atoms with Gasteiger partial charge in [-0.15, -0.1) is 0 Å². The van der Waals surface area contributed by atoms with Crippen molar-refractivity contribution in [3.05, 3.63) is 35.4 Å². The molecule has 0 spiro atoms. The molecule has 0 aromatic heterocycles. The van der Waals surface area contributed by atoms with E-state index in [0.717, 1.165) is 37.2 Å². The number of ether oxygens (including phenoxy) is 1. The summed E-state index contributed by atoms with van der Waals surface area (Å²) in [5.41, 5.74) is 1.59. The summed E-state index contributed by atoms with van der Waals surface area (Å²) in [5.74, 6) is 1.35. The van der Waals surface area contributed by atoms with Gasteiger partial charge in [-0.2, -0.15) is 0 Å². The molecule has 25 heavy (non-hydrogen) atoms. The third-order valence-electron chi connectivity index (χ3n) is 4.69. The molecule has 0 saturated carbocycles. The Kier molecular flexibility index (Phi) is 5.41. The number of benzene rings is 1. The van der Waals surface area contributed by atoms with Gasteiger partial charge in [-0.3, -0.25) is 9.59 Å². The number of hydrogen-bond acceptors (Lipinski definition) is 3. The first-order valence-corrected chi connectivity index (χ1v) is 9.04. The van der Waals surface area contributed by atoms with Crippen molar-refractivity contribution in [3.63, 3.8) is 0 Å². The van der Waals surface area contributed by atoms with E-state index in [9.17, 15) is 9.59 Å². The van der Waals surface area contributed by atoms with E-state index in [1.165, 1.54) is 0 Å². The van der Waals surface area contributed by atoms with Gasteiger partial charge in [-0.05, 0) is 30.9 Å². The molecule has 0 radical (unpaired) electrons. The molecule has 1 aromatic carbocycles. The highest BCUT2D eigenvalue weighted by Gasteiger charge is 2.25. The third kappa shape index (κ3) is 4.41. The molecule has 5 heteroatoms. The number of hydrogen-bond donors (Lipinski definition) is 1. The summed E-state index contributed by atoms with van der Waals surface area (Å²) in [4.78, 5) is 26.5. The van der Waals surface area contributed by atoms with Gasteiger partial charge in [0.15, 0.2) is 0 Å². The van der Waals surface area contributed by atoms with Crippen LogP contribution in [0.5, 0.6) is 5.75 Å². The maximum Gasteiger partial charge on any atom is 0.250 e. The summed E-state index contributed by atoms with van der Waals surface area (Å²) in [6.07, 6.45) is 4.11. The normalized spacial score (nSPS) is 17.6. The van der Waals surface area contributed by atoms with Crippen LogP contribution in [-0.4, -0.2) is 42.5 Å². The molecular weight excluding hydrogens is 316 g/mol. The largest absolute Gasteiger partial charge is 0.488 e. The minimum Gasteiger partial charge on any atom is -0.488 e. The molecule has 0 aliphatic carbocycles. The highest BCUT2D eigenvalue weighted by molar-refractivity contribution is 5.99. The van der Waals surface area contributed by atoms with Crippen LogP contribution in [0.3, 0.4) is 0 Å². The summed E-state index contributed by atoms with van der Waals surface area (Å²) in [6.45, 7) is 5.85. The quantitative estimate of drug-likeness (QED) is 0.915. The monoisotopic (exact) mass is 342 g/mol. The molecule has 0 bridgehead atoms. The first-order chi connectivity index (χ1) is 12.0. The number of amides is 2. The highest BCUT2D eigenvalue weighted by atomic mass is 16.5. The molecule has 5 nitrogen and oxygen atoms in total. The number of para-hydroxylation sites is 1. The fourth-order valence-electron chi connectivity index (χ4n) is 3.28. The molecule has 0 atom stereocenters. The Hall–Kier alpha value is -2.30. The lowest BCUT2D eigenvalue weighted by Crippen LogP contribution is -2.47. The van der Waals surface area contributed by atoms with Gasteiger partial charge in [-0.25, -0.2) is 0 Å². The predicted molar refractivity (Wildman–Crippen MR) is 97.1 cm³/mol. The molecule has 1 N–H and O–H groups in total. The zero-order valence-corrected chi connectivity index (χ0v) is 15.0. The molecule has 1 fully saturated rings. The Labute approximate surface area is 149 Å². The van der Waals surface area contributed by atoms with E-state index in [1.807, 2.05) is 35.2 Å². The molecule has 134 valence electrons. The van der Waals surface area contributed by atoms with Crippen molar-refractivity contribution in [2.45, 2.75) is 39.2 Å². The van der Waals surface area contributed by atoms with Crippen molar-refractivity contribution in [1.29, 1.82) is 0 Å². The summed E-state index contributed by atoms with van der Waals surface area (Å²) < 4.78 is 5.65. The van der Waals surface area contributed by atoms with E-state index in [4.69, 9.17) is 4.74 Å². The van der Waals surface area contributed by atoms with Gasteiger partial charge in [0.2, 0.25) is 5.91 Å². The van der Waals surface area contributed by atoms with Crippen molar-refractivity contribution in [1.82, 2.24) is 10.2 Å². The van der Waals surface area contributed by atoms with Gasteiger partial charge in [0, 0.05) is 31.1 Å². The van der Waals surface area contributed by atoms with Gasteiger partial charge in [0.05, 0.1) is 5.57 Å². The second-order valence-corrected chi connectivity index (χ2v) is 7.22. The summed E-state index contributed by atoms with van der Waals surface area (Å²) >= 11 is 0. The van der Waals surface area contributed by atoms with Crippen LogP contribution in [0.25, 0.3) is 6.08 Å². The first kappa shape index (κ1) is 17.5. The fraction of sp³-hybridized carbons (Fsp3) is 0.500. The predicted octanol–water partition coefficient (Wildman–Crippen LogP) is 2.62. The van der Waals surface area contributed by atoms with Crippen LogP contribution in [0.15, 0.2) is 29.8 Å². The van der Waals surface area contributed by atoms with E-state index in [2.05, 4.69) is 19.2 Å². The number of fused-ring (bicyclic) bond motifs is 1. The smallest absolute Gasteiger partial charge is 0.250 e. The van der Waals surface area contributed by atoms with Gasteiger partial charge in [0.1, 0.15) is 12.4 Å². The third-order valence-corrected chi connectivity index (χ3v) is 4.69. The lowest BCUT2D eigenvalue weighted by molar-refractivity contribution is -0.133. The van der Waals surface area contributed by atoms with Gasteiger partial charge in [0.25, 0.3) is 5.91 Å². The van der Waals surface area contributed by atoms with Gasteiger partial charge >= 0.3 is 0 Å². The first-order valence-electron chi connectivity index (χ1n) is 9.04. The minimum atomic E-state index is -0.0681. The Morgan fingerprint density at radius 1 is 1.24 bits per heavy atom. The fourth-order valence-corrected chi connectivity index (χ4v) is 3.28. The van der Waals surface area contributed by atoms with Crippen molar-refractivity contribution in [2.75, 3.05) is 19.7 Å². The molecule has 1 saturated heterocycles. The number of nitrogens with zero attached hydrogens (tertiary/aromatic N) is 1. The number of nitrogens with one attached hydrogen (secondary N) is 1. The van der Waals surface area contributed by atoms with Crippen molar-refractivity contribution in [3.8, 4) is 5.75 Å². The highest BCUT2D eigenvalue weighted by Crippen LogP contribution is 2.26. The Morgan fingerprint density at radius 2 is 1.96 bits per heavy atom. The van der Waals surface area contributed by atoms with E-state index in [1.54, 1.807) is 0 Å². The Bertz CT molecular complexity index is 673. The van der Waals surface area contributed by atoms with Crippen LogP contribution < -0.4 is 10.1 Å². The van der Waals surface area contributed by atoms with Crippen LogP contribution in [-0.2, 0) is 9.59 Å². The van der Waals surface area contributed by atoms with E-state index in [-0.39, 0.29) is 17.9 Å². The van der Waals surface area contributed by atoms with E-state index >= 15 is 0 Å². The maximum atomic E-state index is 12.5. The molecule has 3 rings (SSSR count). The number of piperidine rings is 1. The number of rotatable bonds is 4. The standard InChI is InChI=1S/C20H26N2O3/c1-14(2)11-19(23)22-9-7-17(8-10-22)21-20(24)16-12-15-5-3-4-6-18(15)25-13-16/h3-6,12,14,17H,7-11,13H2,1-2H3,(H,21,24). The molecule has 2 amide bonds. The van der Waals surface area contributed by atoms with Crippen LogP contribution in [0.4, 0.5) is 0 Å². The number of likely N-dealkylation sites (tertiary alicyclic amines) is 1. The van der Waals surface area contributed by atoms with Crippen molar-refractivity contribution < 1.29 is 14.3 Å². The van der Waals surface area contributed by atoms with Crippen molar-refractivity contribution >= 4 is 17.9 Å². The maximum absolute atomic E-state index is 12.5. The molecule has 0 unspecified atom stereocenters. The van der Waals surface area contributed by atoms with Crippen LogP contribution in [0.1, 0.15) is 38.7 Å². The minimum absolute atomic E-state index is 0.0681. The van der Waals surface area contributed by atoms with Crippen LogP contribution in [0.2, 0.25) is 0 Å². The Morgan fingerprint density at radius 3 is 2.68 bits per heavy atom. The SMILES string of the molecule is CC(C)CC(=O)N1CCC(NC(=O)C2=Cc3ccccc3OC2)CC1. The lowest BCUT2D eigenvalue weighted by Gasteiger charge is -2.33. The van der Waals surface area contributed by atoms with Crippen LogP contribution in [0, 0.1) is 5.92 Å². The van der Waals surface area contributed by atoms with E-state index in [0.29, 0.717) is 24.5 Å². The number of carbonyl (C=O) groups is 2. The zero-order chi connectivity index (χ0) is 17.8. The summed E-state index contributed by atoms with van der Waals surface area (Å²) in [7, 11) is 0. The lowest BCUT2D eigenvalue weighted by atomic mass is 10.0. The molecular formula is C20H26N2O3. The average Bonchev–Trinajstić information content (AvgIpc) is 2.61. The molecule has 2 heterocycles. The van der Waals surface area contributed by atoms with Gasteiger partial charge in [-0.1, -0.05) is 32.0 Å². The average molecular weight is 342 g/mol. The van der Waals surface area contributed by atoms with Gasteiger partial charge < -0.3 is 15.0 Å². The second-order valence-electron chi connectivity index (χ2n) is 7.22.